The summed E-state index contributed by atoms with van der Waals surface area (Å²) in [7, 11) is -1.23. The zero-order valence-electron chi connectivity index (χ0n) is 20.8. The predicted molar refractivity (Wildman–Crippen MR) is 150 cm³/mol. The molecule has 1 amide bonds. The van der Waals surface area contributed by atoms with Gasteiger partial charge in [0.2, 0.25) is 0 Å². The van der Waals surface area contributed by atoms with Gasteiger partial charge in [0, 0.05) is 16.7 Å². The van der Waals surface area contributed by atoms with Gasteiger partial charge in [-0.3, -0.25) is 9.10 Å². The van der Waals surface area contributed by atoms with Crippen molar-refractivity contribution in [2.45, 2.75) is 4.90 Å². The lowest BCUT2D eigenvalue weighted by Crippen LogP contribution is -2.39. The summed E-state index contributed by atoms with van der Waals surface area (Å²) in [5.74, 6) is 0.845. The summed E-state index contributed by atoms with van der Waals surface area (Å²) in [4.78, 5) is 12.8. The number of hydrazone groups is 1. The molecule has 3 aromatic carbocycles. The molecule has 0 bridgehead atoms. The van der Waals surface area contributed by atoms with Crippen molar-refractivity contribution in [3.63, 3.8) is 0 Å². The van der Waals surface area contributed by atoms with Crippen LogP contribution in [0.2, 0.25) is 10.0 Å². The number of halogens is 2. The summed E-state index contributed by atoms with van der Waals surface area (Å²) >= 11 is 12.2. The molecule has 0 radical (unpaired) electrons. The smallest absolute Gasteiger partial charge is 0.264 e. The van der Waals surface area contributed by atoms with Crippen LogP contribution < -0.4 is 19.2 Å². The van der Waals surface area contributed by atoms with Crippen molar-refractivity contribution in [1.82, 2.24) is 5.43 Å². The van der Waals surface area contributed by atoms with Crippen LogP contribution in [0.15, 0.2) is 93.3 Å². The molecule has 0 saturated carbocycles. The average Bonchev–Trinajstić information content (AvgIpc) is 3.40. The summed E-state index contributed by atoms with van der Waals surface area (Å²) in [5.41, 5.74) is 3.18. The Kier molecular flexibility index (Phi) is 8.80. The second-order valence-corrected chi connectivity index (χ2v) is 10.7. The van der Waals surface area contributed by atoms with Gasteiger partial charge in [0.1, 0.15) is 18.1 Å². The first-order valence-electron chi connectivity index (χ1n) is 11.4. The van der Waals surface area contributed by atoms with E-state index in [1.807, 2.05) is 0 Å². The van der Waals surface area contributed by atoms with E-state index in [1.165, 1.54) is 44.7 Å². The lowest BCUT2D eigenvalue weighted by Gasteiger charge is -2.24. The van der Waals surface area contributed by atoms with Crippen LogP contribution in [0.3, 0.4) is 0 Å². The van der Waals surface area contributed by atoms with Crippen molar-refractivity contribution < 1.29 is 27.1 Å². The van der Waals surface area contributed by atoms with Gasteiger partial charge in [0.05, 0.1) is 36.0 Å². The first-order valence-corrected chi connectivity index (χ1v) is 13.6. The van der Waals surface area contributed by atoms with Crippen LogP contribution in [0.1, 0.15) is 5.76 Å². The van der Waals surface area contributed by atoms with Gasteiger partial charge < -0.3 is 13.9 Å². The van der Waals surface area contributed by atoms with E-state index in [9.17, 15) is 13.2 Å². The molecule has 4 rings (SSSR count). The number of benzene rings is 3. The summed E-state index contributed by atoms with van der Waals surface area (Å²) in [5, 5.41) is 4.83. The lowest BCUT2D eigenvalue weighted by atomic mass is 10.2. The third kappa shape index (κ3) is 6.54. The quantitative estimate of drug-likeness (QED) is 0.190. The second kappa shape index (κ2) is 12.2. The van der Waals surface area contributed by atoms with Gasteiger partial charge in [-0.15, -0.1) is 0 Å². The van der Waals surface area contributed by atoms with Crippen LogP contribution in [0.4, 0.5) is 5.69 Å². The molecule has 0 saturated heterocycles. The van der Waals surface area contributed by atoms with Crippen LogP contribution in [0, 0.1) is 0 Å². The highest BCUT2D eigenvalue weighted by Crippen LogP contribution is 2.34. The number of methoxy groups -OCH3 is 2. The Morgan fingerprint density at radius 1 is 0.974 bits per heavy atom. The standard InChI is InChI=1S/C27H23Cl2N3O6S/c1-36-25-12-9-19(15-26(25)37-2)32(39(34,35)21-6-4-3-5-7-21)17-27(33)31-30-16-20-10-13-24(38-20)22-11-8-18(28)14-23(22)29/h3-16H,17H2,1-2H3,(H,31,33)/b30-16-. The zero-order valence-corrected chi connectivity index (χ0v) is 23.1. The van der Waals surface area contributed by atoms with E-state index in [0.29, 0.717) is 38.6 Å². The molecule has 0 aliphatic carbocycles. The van der Waals surface area contributed by atoms with Gasteiger partial charge in [-0.05, 0) is 54.6 Å². The first-order chi connectivity index (χ1) is 18.7. The molecule has 0 atom stereocenters. The third-order valence-corrected chi connectivity index (χ3v) is 7.81. The Bertz CT molecular complexity index is 1610. The van der Waals surface area contributed by atoms with Crippen molar-refractivity contribution >= 4 is 51.0 Å². The Morgan fingerprint density at radius 3 is 2.41 bits per heavy atom. The molecule has 0 spiro atoms. The molecule has 0 unspecified atom stereocenters. The van der Waals surface area contributed by atoms with Gasteiger partial charge in [0.25, 0.3) is 15.9 Å². The molecule has 0 fully saturated rings. The highest BCUT2D eigenvalue weighted by atomic mass is 35.5. The Hall–Kier alpha value is -3.99. The zero-order chi connectivity index (χ0) is 28.0. The minimum Gasteiger partial charge on any atom is -0.493 e. The highest BCUT2D eigenvalue weighted by molar-refractivity contribution is 7.92. The first kappa shape index (κ1) is 28.0. The van der Waals surface area contributed by atoms with E-state index < -0.39 is 22.5 Å². The Balaban J connectivity index is 1.54. The number of hydrogen-bond acceptors (Lipinski definition) is 7. The fourth-order valence-corrected chi connectivity index (χ4v) is 5.54. The molecule has 1 heterocycles. The maximum absolute atomic E-state index is 13.5. The number of hydrogen-bond donors (Lipinski definition) is 1. The van der Waals surface area contributed by atoms with Crippen molar-refractivity contribution in [3.8, 4) is 22.8 Å². The average molecular weight is 588 g/mol. The van der Waals surface area contributed by atoms with E-state index in [4.69, 9.17) is 37.1 Å². The predicted octanol–water partition coefficient (Wildman–Crippen LogP) is 5.62. The molecular weight excluding hydrogens is 565 g/mol. The molecule has 9 nitrogen and oxygen atoms in total. The molecule has 39 heavy (non-hydrogen) atoms. The lowest BCUT2D eigenvalue weighted by molar-refractivity contribution is -0.119. The molecular formula is C27H23Cl2N3O6S. The monoisotopic (exact) mass is 587 g/mol. The second-order valence-electron chi connectivity index (χ2n) is 7.98. The van der Waals surface area contributed by atoms with Gasteiger partial charge >= 0.3 is 0 Å². The van der Waals surface area contributed by atoms with Crippen LogP contribution >= 0.6 is 23.2 Å². The summed E-state index contributed by atoms with van der Waals surface area (Å²) < 4.78 is 44.3. The molecule has 12 heteroatoms. The van der Waals surface area contributed by atoms with E-state index in [0.717, 1.165) is 4.31 Å². The molecule has 0 aliphatic rings. The fourth-order valence-electron chi connectivity index (χ4n) is 3.60. The van der Waals surface area contributed by atoms with Crippen molar-refractivity contribution in [2.24, 2.45) is 5.10 Å². The maximum atomic E-state index is 13.5. The number of furan rings is 1. The number of ether oxygens (including phenoxy) is 2. The fraction of sp³-hybridized carbons (Fsp3) is 0.111. The van der Waals surface area contributed by atoms with Gasteiger partial charge in [0.15, 0.2) is 11.5 Å². The number of nitrogens with zero attached hydrogens (tertiary/aromatic N) is 2. The highest BCUT2D eigenvalue weighted by Gasteiger charge is 2.28. The Labute approximate surface area is 235 Å². The summed E-state index contributed by atoms with van der Waals surface area (Å²) in [6.07, 6.45) is 1.29. The van der Waals surface area contributed by atoms with Crippen molar-refractivity contribution in [2.75, 3.05) is 25.1 Å². The van der Waals surface area contributed by atoms with Crippen LogP contribution in [0.5, 0.6) is 11.5 Å². The van der Waals surface area contributed by atoms with Crippen LogP contribution in [0.25, 0.3) is 11.3 Å². The van der Waals surface area contributed by atoms with Crippen molar-refractivity contribution in [3.05, 3.63) is 94.7 Å². The van der Waals surface area contributed by atoms with Crippen molar-refractivity contribution in [1.29, 1.82) is 0 Å². The molecule has 202 valence electrons. The topological polar surface area (TPSA) is 110 Å². The number of anilines is 1. The third-order valence-electron chi connectivity index (χ3n) is 5.48. The van der Waals surface area contributed by atoms with Crippen LogP contribution in [-0.4, -0.2) is 41.3 Å². The molecule has 4 aromatic rings. The molecule has 0 aliphatic heterocycles. The van der Waals surface area contributed by atoms with E-state index >= 15 is 0 Å². The number of carbonyl (C=O) groups excluding carboxylic acids is 1. The SMILES string of the molecule is COc1ccc(N(CC(=O)N/N=C\c2ccc(-c3ccc(Cl)cc3Cl)o2)S(=O)(=O)c2ccccc2)cc1OC. The number of rotatable bonds is 10. The minimum atomic E-state index is -4.12. The number of carbonyl (C=O) groups is 1. The normalized spacial score (nSPS) is 11.4. The largest absolute Gasteiger partial charge is 0.493 e. The van der Waals surface area contributed by atoms with Gasteiger partial charge in [-0.25, -0.2) is 13.8 Å². The Morgan fingerprint density at radius 2 is 1.72 bits per heavy atom. The molecule has 1 N–H and O–H groups in total. The van der Waals surface area contributed by atoms with E-state index in [1.54, 1.807) is 54.6 Å². The summed E-state index contributed by atoms with van der Waals surface area (Å²) in [6, 6.07) is 20.7. The maximum Gasteiger partial charge on any atom is 0.264 e. The summed E-state index contributed by atoms with van der Waals surface area (Å²) in [6.45, 7) is -0.562. The number of amides is 1. The molecule has 1 aromatic heterocycles. The number of nitrogens with one attached hydrogen (secondary N) is 1. The van der Waals surface area contributed by atoms with Gasteiger partial charge in [-0.2, -0.15) is 5.10 Å². The van der Waals surface area contributed by atoms with E-state index in [2.05, 4.69) is 10.5 Å². The van der Waals surface area contributed by atoms with Crippen LogP contribution in [-0.2, 0) is 14.8 Å². The minimum absolute atomic E-state index is 0.0139. The van der Waals surface area contributed by atoms with E-state index in [-0.39, 0.29) is 10.6 Å². The number of sulfonamides is 1. The van der Waals surface area contributed by atoms with Gasteiger partial charge in [-0.1, -0.05) is 41.4 Å².